The van der Waals surface area contributed by atoms with Crippen LogP contribution in [-0.4, -0.2) is 9.55 Å². The van der Waals surface area contributed by atoms with Crippen molar-refractivity contribution in [3.63, 3.8) is 0 Å². The predicted molar refractivity (Wildman–Crippen MR) is 45.7 cm³/mol. The summed E-state index contributed by atoms with van der Waals surface area (Å²) >= 11 is 5.89. The summed E-state index contributed by atoms with van der Waals surface area (Å²) in [7, 11) is 1.97. The molecule has 2 rings (SSSR count). The first-order chi connectivity index (χ1) is 5.29. The van der Waals surface area contributed by atoms with Crippen LogP contribution < -0.4 is 0 Å². The molecule has 0 amide bonds. The fourth-order valence-electron chi connectivity index (χ4n) is 1.15. The number of aryl methyl sites for hydroxylation is 1. The van der Waals surface area contributed by atoms with Crippen LogP contribution in [0.15, 0.2) is 24.7 Å². The number of fused-ring (bicyclic) bond motifs is 1. The SMILES string of the molecule is Cn1ccc2c(Cl)cncc21. The van der Waals surface area contributed by atoms with E-state index in [-0.39, 0.29) is 0 Å². The molecule has 11 heavy (non-hydrogen) atoms. The summed E-state index contributed by atoms with van der Waals surface area (Å²) in [4.78, 5) is 3.99. The van der Waals surface area contributed by atoms with Gasteiger partial charge in [0.25, 0.3) is 0 Å². The number of halogens is 1. The number of pyridine rings is 1. The Morgan fingerprint density at radius 2 is 2.27 bits per heavy atom. The molecule has 0 spiro atoms. The Morgan fingerprint density at radius 1 is 1.45 bits per heavy atom. The lowest BCUT2D eigenvalue weighted by atomic mass is 10.3. The van der Waals surface area contributed by atoms with Crippen molar-refractivity contribution in [2.45, 2.75) is 0 Å². The molecular weight excluding hydrogens is 160 g/mol. The molecule has 2 aromatic heterocycles. The Labute approximate surface area is 69.4 Å². The molecule has 0 aliphatic heterocycles. The van der Waals surface area contributed by atoms with E-state index in [2.05, 4.69) is 4.98 Å². The van der Waals surface area contributed by atoms with Gasteiger partial charge in [-0.1, -0.05) is 11.6 Å². The van der Waals surface area contributed by atoms with E-state index >= 15 is 0 Å². The van der Waals surface area contributed by atoms with E-state index in [1.807, 2.05) is 23.9 Å². The number of aromatic nitrogens is 2. The molecular formula is C8H7ClN2. The van der Waals surface area contributed by atoms with Gasteiger partial charge in [0.15, 0.2) is 0 Å². The third-order valence-electron chi connectivity index (χ3n) is 1.76. The highest BCUT2D eigenvalue weighted by molar-refractivity contribution is 6.35. The van der Waals surface area contributed by atoms with E-state index < -0.39 is 0 Å². The van der Waals surface area contributed by atoms with Gasteiger partial charge in [-0.3, -0.25) is 4.98 Å². The van der Waals surface area contributed by atoms with Crippen LogP contribution in [0.1, 0.15) is 0 Å². The second-order valence-corrected chi connectivity index (χ2v) is 2.89. The van der Waals surface area contributed by atoms with Gasteiger partial charge < -0.3 is 4.57 Å². The summed E-state index contributed by atoms with van der Waals surface area (Å²) in [5.74, 6) is 0. The number of hydrogen-bond donors (Lipinski definition) is 0. The molecule has 0 aromatic carbocycles. The van der Waals surface area contributed by atoms with E-state index in [0.717, 1.165) is 10.9 Å². The van der Waals surface area contributed by atoms with Crippen LogP contribution in [0.3, 0.4) is 0 Å². The van der Waals surface area contributed by atoms with Gasteiger partial charge >= 0.3 is 0 Å². The lowest BCUT2D eigenvalue weighted by Gasteiger charge is -1.94. The van der Waals surface area contributed by atoms with Crippen molar-refractivity contribution in [3.05, 3.63) is 29.7 Å². The Kier molecular flexibility index (Phi) is 1.36. The quantitative estimate of drug-likeness (QED) is 0.587. The van der Waals surface area contributed by atoms with Gasteiger partial charge in [0.05, 0.1) is 16.7 Å². The van der Waals surface area contributed by atoms with Crippen molar-refractivity contribution < 1.29 is 0 Å². The van der Waals surface area contributed by atoms with Gasteiger partial charge in [-0.15, -0.1) is 0 Å². The van der Waals surface area contributed by atoms with E-state index in [4.69, 9.17) is 11.6 Å². The van der Waals surface area contributed by atoms with Gasteiger partial charge in [0, 0.05) is 24.8 Å². The minimum atomic E-state index is 0.711. The summed E-state index contributed by atoms with van der Waals surface area (Å²) in [5, 5.41) is 1.77. The molecule has 0 aliphatic carbocycles. The van der Waals surface area contributed by atoms with E-state index in [9.17, 15) is 0 Å². The molecule has 0 saturated carbocycles. The van der Waals surface area contributed by atoms with Crippen LogP contribution in [0, 0.1) is 0 Å². The minimum Gasteiger partial charge on any atom is -0.349 e. The molecule has 56 valence electrons. The zero-order chi connectivity index (χ0) is 7.84. The highest BCUT2D eigenvalue weighted by Crippen LogP contribution is 2.21. The van der Waals surface area contributed by atoms with Crippen molar-refractivity contribution in [2.75, 3.05) is 0 Å². The van der Waals surface area contributed by atoms with Crippen molar-refractivity contribution in [1.29, 1.82) is 0 Å². The zero-order valence-corrected chi connectivity index (χ0v) is 6.84. The molecule has 0 saturated heterocycles. The minimum absolute atomic E-state index is 0.711. The Hall–Kier alpha value is -1.02. The van der Waals surface area contributed by atoms with E-state index in [1.165, 1.54) is 0 Å². The van der Waals surface area contributed by atoms with Crippen LogP contribution in [-0.2, 0) is 7.05 Å². The number of hydrogen-bond acceptors (Lipinski definition) is 1. The lowest BCUT2D eigenvalue weighted by Crippen LogP contribution is -1.84. The summed E-state index contributed by atoms with van der Waals surface area (Å²) in [5.41, 5.74) is 1.07. The van der Waals surface area contributed by atoms with Gasteiger partial charge in [-0.05, 0) is 6.07 Å². The third-order valence-corrected chi connectivity index (χ3v) is 2.06. The second kappa shape index (κ2) is 2.24. The van der Waals surface area contributed by atoms with Gasteiger partial charge in [-0.25, -0.2) is 0 Å². The van der Waals surface area contributed by atoms with Crippen LogP contribution >= 0.6 is 11.6 Å². The maximum atomic E-state index is 5.89. The lowest BCUT2D eigenvalue weighted by molar-refractivity contribution is 0.965. The summed E-state index contributed by atoms with van der Waals surface area (Å²) in [6, 6.07) is 1.99. The predicted octanol–water partition coefficient (Wildman–Crippen LogP) is 2.23. The average Bonchev–Trinajstić information content (AvgIpc) is 2.35. The highest BCUT2D eigenvalue weighted by atomic mass is 35.5. The van der Waals surface area contributed by atoms with Gasteiger partial charge in [0.2, 0.25) is 0 Å². The molecule has 2 nitrogen and oxygen atoms in total. The molecule has 2 heterocycles. The molecule has 0 N–H and O–H groups in total. The normalized spacial score (nSPS) is 10.7. The molecule has 0 aliphatic rings. The topological polar surface area (TPSA) is 17.8 Å². The zero-order valence-electron chi connectivity index (χ0n) is 6.08. The maximum Gasteiger partial charge on any atom is 0.0683 e. The van der Waals surface area contributed by atoms with Crippen molar-refractivity contribution in [2.24, 2.45) is 7.05 Å². The molecule has 0 bridgehead atoms. The summed E-state index contributed by atoms with van der Waals surface area (Å²) in [6.07, 6.45) is 5.43. The Balaban J connectivity index is 2.94. The largest absolute Gasteiger partial charge is 0.349 e. The second-order valence-electron chi connectivity index (χ2n) is 2.48. The first-order valence-electron chi connectivity index (χ1n) is 3.33. The molecule has 0 unspecified atom stereocenters. The number of rotatable bonds is 0. The fourth-order valence-corrected chi connectivity index (χ4v) is 1.36. The van der Waals surface area contributed by atoms with Gasteiger partial charge in [-0.2, -0.15) is 0 Å². The molecule has 2 aromatic rings. The van der Waals surface area contributed by atoms with Crippen LogP contribution in [0.5, 0.6) is 0 Å². The number of nitrogens with zero attached hydrogens (tertiary/aromatic N) is 2. The first-order valence-corrected chi connectivity index (χ1v) is 3.71. The Morgan fingerprint density at radius 3 is 3.00 bits per heavy atom. The molecule has 3 heteroatoms. The highest BCUT2D eigenvalue weighted by Gasteiger charge is 2.00. The van der Waals surface area contributed by atoms with Crippen LogP contribution in [0.2, 0.25) is 5.02 Å². The average molecular weight is 167 g/mol. The first kappa shape index (κ1) is 6.68. The molecule has 0 atom stereocenters. The van der Waals surface area contributed by atoms with Gasteiger partial charge in [0.1, 0.15) is 0 Å². The Bertz CT molecular complexity index is 392. The van der Waals surface area contributed by atoms with Crippen molar-refractivity contribution in [1.82, 2.24) is 9.55 Å². The molecule has 0 fully saturated rings. The summed E-state index contributed by atoms with van der Waals surface area (Å²) in [6.45, 7) is 0. The summed E-state index contributed by atoms with van der Waals surface area (Å²) < 4.78 is 1.99. The van der Waals surface area contributed by atoms with Crippen LogP contribution in [0.25, 0.3) is 10.9 Å². The third kappa shape index (κ3) is 0.906. The maximum absolute atomic E-state index is 5.89. The van der Waals surface area contributed by atoms with E-state index in [0.29, 0.717) is 5.02 Å². The standard InChI is InChI=1S/C8H7ClN2/c1-11-3-2-6-7(9)4-10-5-8(6)11/h2-5H,1H3. The van der Waals surface area contributed by atoms with Crippen molar-refractivity contribution >= 4 is 22.5 Å². The molecule has 0 radical (unpaired) electrons. The van der Waals surface area contributed by atoms with Crippen molar-refractivity contribution in [3.8, 4) is 0 Å². The smallest absolute Gasteiger partial charge is 0.0683 e. The van der Waals surface area contributed by atoms with E-state index in [1.54, 1.807) is 12.4 Å². The fraction of sp³-hybridized carbons (Fsp3) is 0.125. The monoisotopic (exact) mass is 166 g/mol. The van der Waals surface area contributed by atoms with Crippen LogP contribution in [0.4, 0.5) is 0 Å².